The first-order valence-corrected chi connectivity index (χ1v) is 10.5. The molecule has 1 amide bonds. The Morgan fingerprint density at radius 3 is 2.42 bits per heavy atom. The Kier molecular flexibility index (Phi) is 5.87. The van der Waals surface area contributed by atoms with Crippen molar-refractivity contribution in [2.24, 2.45) is 0 Å². The second-order valence-electron chi connectivity index (χ2n) is 7.68. The van der Waals surface area contributed by atoms with Crippen LogP contribution < -0.4 is 11.0 Å². The molecule has 0 saturated carbocycles. The third kappa shape index (κ3) is 4.52. The van der Waals surface area contributed by atoms with Crippen molar-refractivity contribution in [2.75, 3.05) is 5.32 Å². The molecule has 0 aliphatic rings. The van der Waals surface area contributed by atoms with Gasteiger partial charge in [0.05, 0.1) is 11.2 Å². The van der Waals surface area contributed by atoms with Gasteiger partial charge < -0.3 is 5.32 Å². The Morgan fingerprint density at radius 1 is 1.03 bits per heavy atom. The van der Waals surface area contributed by atoms with E-state index in [1.165, 1.54) is 10.1 Å². The maximum atomic E-state index is 12.9. The molecule has 1 N–H and O–H groups in total. The lowest BCUT2D eigenvalue weighted by Gasteiger charge is -2.14. The Bertz CT molecular complexity index is 1300. The molecule has 0 radical (unpaired) electrons. The fourth-order valence-electron chi connectivity index (χ4n) is 3.52. The van der Waals surface area contributed by atoms with Crippen molar-refractivity contribution in [1.82, 2.24) is 9.55 Å². The number of fused-ring (bicyclic) bond motifs is 1. The normalized spacial score (nSPS) is 11.1. The van der Waals surface area contributed by atoms with Crippen LogP contribution in [0.25, 0.3) is 22.2 Å². The molecule has 0 fully saturated rings. The summed E-state index contributed by atoms with van der Waals surface area (Å²) in [4.78, 5) is 29.8. The summed E-state index contributed by atoms with van der Waals surface area (Å²) in [5.74, 6) is 0.112. The van der Waals surface area contributed by atoms with E-state index < -0.39 is 5.69 Å². The Hall–Kier alpha value is -3.44. The predicted molar refractivity (Wildman–Crippen MR) is 126 cm³/mol. The number of nitrogens with zero attached hydrogens (tertiary/aromatic N) is 2. The predicted octanol–water partition coefficient (Wildman–Crippen LogP) is 5.48. The zero-order chi connectivity index (χ0) is 22.0. The molecule has 4 aromatic rings. The minimum atomic E-state index is -0.487. The fourth-order valence-corrected chi connectivity index (χ4v) is 3.69. The molecule has 0 atom stereocenters. The number of carbonyl (C=O) groups excluding carboxylic acids is 1. The van der Waals surface area contributed by atoms with Crippen molar-refractivity contribution in [3.05, 3.63) is 93.9 Å². The lowest BCUT2D eigenvalue weighted by Crippen LogP contribution is -2.30. The third-order valence-corrected chi connectivity index (χ3v) is 5.39. The first-order valence-electron chi connectivity index (χ1n) is 10.1. The topological polar surface area (TPSA) is 64.0 Å². The highest BCUT2D eigenvalue weighted by atomic mass is 35.5. The number of amides is 1. The van der Waals surface area contributed by atoms with Crippen LogP contribution in [-0.4, -0.2) is 15.5 Å². The largest absolute Gasteiger partial charge is 0.349 e. The Labute approximate surface area is 185 Å². The molecule has 0 aliphatic carbocycles. The van der Waals surface area contributed by atoms with Gasteiger partial charge in [0.2, 0.25) is 5.91 Å². The van der Waals surface area contributed by atoms with E-state index in [1.54, 1.807) is 18.2 Å². The van der Waals surface area contributed by atoms with Gasteiger partial charge in [0.1, 0.15) is 6.54 Å². The number of anilines is 1. The van der Waals surface area contributed by atoms with Crippen molar-refractivity contribution in [1.29, 1.82) is 0 Å². The molecule has 1 heterocycles. The number of nitrogens with one attached hydrogen (secondary N) is 1. The van der Waals surface area contributed by atoms with Gasteiger partial charge in [-0.15, -0.1) is 0 Å². The molecule has 6 heteroatoms. The van der Waals surface area contributed by atoms with Crippen LogP contribution in [0, 0.1) is 0 Å². The summed E-state index contributed by atoms with van der Waals surface area (Å²) in [5.41, 5.74) is 3.35. The van der Waals surface area contributed by atoms with E-state index in [2.05, 4.69) is 24.1 Å². The second-order valence-corrected chi connectivity index (χ2v) is 8.12. The molecule has 0 bridgehead atoms. The molecule has 5 nitrogen and oxygen atoms in total. The molecule has 1 aromatic heterocycles. The van der Waals surface area contributed by atoms with Gasteiger partial charge in [-0.2, -0.15) is 4.98 Å². The Morgan fingerprint density at radius 2 is 1.74 bits per heavy atom. The number of hydrogen-bond donors (Lipinski definition) is 1. The maximum absolute atomic E-state index is 12.9. The van der Waals surface area contributed by atoms with Crippen molar-refractivity contribution in [2.45, 2.75) is 26.3 Å². The SMILES string of the molecule is CC(C)c1ccc(NC(=O)Cn2c(=O)nc(-c3ccccc3)c3cc(Cl)ccc32)cc1. The molecule has 0 unspecified atom stereocenters. The van der Waals surface area contributed by atoms with E-state index in [9.17, 15) is 9.59 Å². The molecule has 0 aliphatic heterocycles. The molecule has 0 saturated heterocycles. The summed E-state index contributed by atoms with van der Waals surface area (Å²) in [7, 11) is 0. The van der Waals surface area contributed by atoms with E-state index >= 15 is 0 Å². The minimum Gasteiger partial charge on any atom is -0.325 e. The number of rotatable bonds is 5. The summed E-state index contributed by atoms with van der Waals surface area (Å²) in [6.07, 6.45) is 0. The number of aromatic nitrogens is 2. The van der Waals surface area contributed by atoms with Crippen LogP contribution in [0.4, 0.5) is 5.69 Å². The maximum Gasteiger partial charge on any atom is 0.349 e. The molecule has 3 aromatic carbocycles. The molecule has 31 heavy (non-hydrogen) atoms. The molecule has 0 spiro atoms. The van der Waals surface area contributed by atoms with Crippen LogP contribution in [-0.2, 0) is 11.3 Å². The molecular weight excluding hydrogens is 410 g/mol. The summed E-state index contributed by atoms with van der Waals surface area (Å²) in [6, 6.07) is 22.4. The highest BCUT2D eigenvalue weighted by Crippen LogP contribution is 2.27. The zero-order valence-electron chi connectivity index (χ0n) is 17.3. The zero-order valence-corrected chi connectivity index (χ0v) is 18.1. The second kappa shape index (κ2) is 8.74. The van der Waals surface area contributed by atoms with Gasteiger partial charge >= 0.3 is 5.69 Å². The minimum absolute atomic E-state index is 0.148. The van der Waals surface area contributed by atoms with E-state index in [0.717, 1.165) is 5.56 Å². The summed E-state index contributed by atoms with van der Waals surface area (Å²) >= 11 is 6.22. The first kappa shape index (κ1) is 20.8. The smallest absolute Gasteiger partial charge is 0.325 e. The van der Waals surface area contributed by atoms with Gasteiger partial charge in [-0.1, -0.05) is 67.9 Å². The van der Waals surface area contributed by atoms with Crippen LogP contribution in [0.1, 0.15) is 25.3 Å². The number of halogens is 1. The summed E-state index contributed by atoms with van der Waals surface area (Å²) < 4.78 is 1.37. The highest BCUT2D eigenvalue weighted by Gasteiger charge is 2.15. The van der Waals surface area contributed by atoms with Crippen LogP contribution in [0.15, 0.2) is 77.6 Å². The third-order valence-electron chi connectivity index (χ3n) is 5.15. The fraction of sp³-hybridized carbons (Fsp3) is 0.160. The van der Waals surface area contributed by atoms with E-state index in [1.807, 2.05) is 54.6 Å². The lowest BCUT2D eigenvalue weighted by atomic mass is 10.0. The van der Waals surface area contributed by atoms with Gasteiger partial charge in [-0.25, -0.2) is 4.79 Å². The van der Waals surface area contributed by atoms with E-state index in [4.69, 9.17) is 11.6 Å². The average molecular weight is 432 g/mol. The first-order chi connectivity index (χ1) is 14.9. The van der Waals surface area contributed by atoms with Gasteiger partial charge in [-0.05, 0) is 41.8 Å². The highest BCUT2D eigenvalue weighted by molar-refractivity contribution is 6.31. The van der Waals surface area contributed by atoms with Crippen molar-refractivity contribution in [3.8, 4) is 11.3 Å². The van der Waals surface area contributed by atoms with Crippen LogP contribution >= 0.6 is 11.6 Å². The van der Waals surface area contributed by atoms with E-state index in [-0.39, 0.29) is 12.5 Å². The van der Waals surface area contributed by atoms with Gasteiger partial charge in [0.15, 0.2) is 0 Å². The lowest BCUT2D eigenvalue weighted by molar-refractivity contribution is -0.116. The number of hydrogen-bond acceptors (Lipinski definition) is 3. The Balaban J connectivity index is 1.69. The van der Waals surface area contributed by atoms with Crippen molar-refractivity contribution in [3.63, 3.8) is 0 Å². The van der Waals surface area contributed by atoms with Crippen LogP contribution in [0.3, 0.4) is 0 Å². The standard InChI is InChI=1S/C25H22ClN3O2/c1-16(2)17-8-11-20(12-9-17)27-23(30)15-29-22-13-10-19(26)14-21(22)24(28-25(29)31)18-6-4-3-5-7-18/h3-14,16H,15H2,1-2H3,(H,27,30). The van der Waals surface area contributed by atoms with Crippen LogP contribution in [0.2, 0.25) is 5.02 Å². The molecular formula is C25H22ClN3O2. The van der Waals surface area contributed by atoms with Gasteiger partial charge in [-0.3, -0.25) is 9.36 Å². The monoisotopic (exact) mass is 431 g/mol. The van der Waals surface area contributed by atoms with E-state index in [0.29, 0.717) is 33.2 Å². The van der Waals surface area contributed by atoms with Gasteiger partial charge in [0, 0.05) is 21.7 Å². The summed E-state index contributed by atoms with van der Waals surface area (Å²) in [5, 5.41) is 4.10. The molecule has 4 rings (SSSR count). The van der Waals surface area contributed by atoms with Crippen molar-refractivity contribution >= 4 is 34.1 Å². The average Bonchev–Trinajstić information content (AvgIpc) is 2.76. The molecule has 156 valence electrons. The number of benzene rings is 3. The van der Waals surface area contributed by atoms with Crippen molar-refractivity contribution < 1.29 is 4.79 Å². The number of carbonyl (C=O) groups is 1. The van der Waals surface area contributed by atoms with Gasteiger partial charge in [0.25, 0.3) is 0 Å². The quantitative estimate of drug-likeness (QED) is 0.455. The van der Waals surface area contributed by atoms with Crippen LogP contribution in [0.5, 0.6) is 0 Å². The summed E-state index contributed by atoms with van der Waals surface area (Å²) in [6.45, 7) is 4.08.